The Labute approximate surface area is 120 Å². The fraction of sp³-hybridized carbons (Fsp3) is 0.571. The molecule has 0 amide bonds. The Morgan fingerprint density at radius 2 is 1.90 bits per heavy atom. The maximum absolute atomic E-state index is 11.3. The van der Waals surface area contributed by atoms with Gasteiger partial charge < -0.3 is 15.7 Å². The molecule has 1 saturated heterocycles. The SMILES string of the molecule is Cc1ccc(CNCCN[C@H]2CS(=O)(=O)C[C@@H]2O)cc1. The van der Waals surface area contributed by atoms with E-state index in [1.807, 2.05) is 0 Å². The van der Waals surface area contributed by atoms with Crippen molar-refractivity contribution in [3.8, 4) is 0 Å². The van der Waals surface area contributed by atoms with Gasteiger partial charge in [-0.25, -0.2) is 8.42 Å². The number of rotatable bonds is 6. The van der Waals surface area contributed by atoms with Crippen molar-refractivity contribution in [3.05, 3.63) is 35.4 Å². The fourth-order valence-corrected chi connectivity index (χ4v) is 4.08. The van der Waals surface area contributed by atoms with Crippen molar-refractivity contribution in [2.24, 2.45) is 0 Å². The van der Waals surface area contributed by atoms with Crippen LogP contribution in [-0.2, 0) is 16.4 Å². The van der Waals surface area contributed by atoms with E-state index >= 15 is 0 Å². The number of nitrogens with one attached hydrogen (secondary N) is 2. The van der Waals surface area contributed by atoms with Crippen LogP contribution in [0.1, 0.15) is 11.1 Å². The summed E-state index contributed by atoms with van der Waals surface area (Å²) in [7, 11) is -3.07. The lowest BCUT2D eigenvalue weighted by Gasteiger charge is -2.15. The van der Waals surface area contributed by atoms with E-state index in [1.165, 1.54) is 11.1 Å². The third kappa shape index (κ3) is 4.56. The molecule has 2 rings (SSSR count). The van der Waals surface area contributed by atoms with Crippen molar-refractivity contribution in [1.82, 2.24) is 10.6 Å². The van der Waals surface area contributed by atoms with Gasteiger partial charge in [0.15, 0.2) is 9.84 Å². The Hall–Kier alpha value is -0.950. The maximum Gasteiger partial charge on any atom is 0.154 e. The summed E-state index contributed by atoms with van der Waals surface area (Å²) in [6, 6.07) is 8.00. The Morgan fingerprint density at radius 3 is 2.50 bits per heavy atom. The molecule has 20 heavy (non-hydrogen) atoms. The number of hydrogen-bond donors (Lipinski definition) is 3. The number of aliphatic hydroxyl groups excluding tert-OH is 1. The van der Waals surface area contributed by atoms with E-state index in [-0.39, 0.29) is 17.5 Å². The van der Waals surface area contributed by atoms with Gasteiger partial charge in [0, 0.05) is 25.7 Å². The summed E-state index contributed by atoms with van der Waals surface area (Å²) in [5.74, 6) is -0.0897. The molecule has 1 aliphatic heterocycles. The first-order chi connectivity index (χ1) is 9.46. The van der Waals surface area contributed by atoms with Crippen LogP contribution < -0.4 is 10.6 Å². The Morgan fingerprint density at radius 1 is 1.20 bits per heavy atom. The second-order valence-electron chi connectivity index (χ2n) is 5.37. The van der Waals surface area contributed by atoms with E-state index in [4.69, 9.17) is 0 Å². The molecule has 1 aliphatic rings. The molecule has 112 valence electrons. The number of aliphatic hydroxyl groups is 1. The van der Waals surface area contributed by atoms with Crippen molar-refractivity contribution in [3.63, 3.8) is 0 Å². The molecular formula is C14H22N2O3S. The highest BCUT2D eigenvalue weighted by Gasteiger charge is 2.35. The summed E-state index contributed by atoms with van der Waals surface area (Å²) in [6.07, 6.45) is -0.780. The number of hydrogen-bond acceptors (Lipinski definition) is 5. The van der Waals surface area contributed by atoms with Crippen LogP contribution in [0.2, 0.25) is 0 Å². The summed E-state index contributed by atoms with van der Waals surface area (Å²) < 4.78 is 22.7. The standard InChI is InChI=1S/C14H22N2O3S/c1-11-2-4-12(5-3-11)8-15-6-7-16-13-9-20(18,19)10-14(13)17/h2-5,13-17H,6-10H2,1H3/t13-,14-/m0/s1. The monoisotopic (exact) mass is 298 g/mol. The Bertz CT molecular complexity index is 528. The Balaban J connectivity index is 1.64. The van der Waals surface area contributed by atoms with E-state index in [0.717, 1.165) is 13.1 Å². The largest absolute Gasteiger partial charge is 0.390 e. The normalized spacial score (nSPS) is 24.9. The molecule has 0 radical (unpaired) electrons. The average molecular weight is 298 g/mol. The average Bonchev–Trinajstić information content (AvgIpc) is 2.64. The van der Waals surface area contributed by atoms with Gasteiger partial charge in [0.1, 0.15) is 0 Å². The molecule has 0 bridgehead atoms. The van der Waals surface area contributed by atoms with E-state index < -0.39 is 15.9 Å². The minimum atomic E-state index is -3.07. The van der Waals surface area contributed by atoms with Gasteiger partial charge in [-0.15, -0.1) is 0 Å². The molecular weight excluding hydrogens is 276 g/mol. The van der Waals surface area contributed by atoms with Crippen LogP contribution in [0.3, 0.4) is 0 Å². The minimum Gasteiger partial charge on any atom is -0.390 e. The lowest BCUT2D eigenvalue weighted by atomic mass is 10.1. The van der Waals surface area contributed by atoms with Crippen LogP contribution in [0, 0.1) is 6.92 Å². The van der Waals surface area contributed by atoms with Crippen LogP contribution in [0.25, 0.3) is 0 Å². The first-order valence-corrected chi connectivity index (χ1v) is 8.66. The molecule has 6 heteroatoms. The predicted molar refractivity (Wildman–Crippen MR) is 79.3 cm³/mol. The summed E-state index contributed by atoms with van der Waals surface area (Å²) in [6.45, 7) is 4.22. The zero-order valence-electron chi connectivity index (χ0n) is 11.7. The maximum atomic E-state index is 11.3. The first-order valence-electron chi connectivity index (χ1n) is 6.84. The summed E-state index contributed by atoms with van der Waals surface area (Å²) in [5.41, 5.74) is 2.46. The molecule has 0 saturated carbocycles. The highest BCUT2D eigenvalue weighted by atomic mass is 32.2. The van der Waals surface area contributed by atoms with Gasteiger partial charge in [0.25, 0.3) is 0 Å². The van der Waals surface area contributed by atoms with E-state index in [1.54, 1.807) is 0 Å². The van der Waals surface area contributed by atoms with E-state index in [2.05, 4.69) is 41.8 Å². The molecule has 0 spiro atoms. The van der Waals surface area contributed by atoms with Gasteiger partial charge in [-0.1, -0.05) is 29.8 Å². The highest BCUT2D eigenvalue weighted by molar-refractivity contribution is 7.91. The third-order valence-electron chi connectivity index (χ3n) is 3.48. The van der Waals surface area contributed by atoms with Gasteiger partial charge in [-0.2, -0.15) is 0 Å². The van der Waals surface area contributed by atoms with E-state index in [0.29, 0.717) is 6.54 Å². The van der Waals surface area contributed by atoms with Crippen molar-refractivity contribution in [2.75, 3.05) is 24.6 Å². The molecule has 3 N–H and O–H groups in total. The lowest BCUT2D eigenvalue weighted by molar-refractivity contribution is 0.166. The molecule has 0 unspecified atom stereocenters. The molecule has 1 fully saturated rings. The van der Waals surface area contributed by atoms with Crippen molar-refractivity contribution in [2.45, 2.75) is 25.6 Å². The molecule has 2 atom stereocenters. The number of aryl methyl sites for hydroxylation is 1. The first kappa shape index (κ1) is 15.4. The van der Waals surface area contributed by atoms with E-state index in [9.17, 15) is 13.5 Å². The Kier molecular flexibility index (Phi) is 5.15. The van der Waals surface area contributed by atoms with Gasteiger partial charge >= 0.3 is 0 Å². The fourth-order valence-electron chi connectivity index (χ4n) is 2.31. The molecule has 1 aromatic rings. The molecule has 5 nitrogen and oxygen atoms in total. The van der Waals surface area contributed by atoms with Crippen LogP contribution in [0.4, 0.5) is 0 Å². The topological polar surface area (TPSA) is 78.4 Å². The number of sulfone groups is 1. The lowest BCUT2D eigenvalue weighted by Crippen LogP contribution is -2.42. The number of benzene rings is 1. The zero-order chi connectivity index (χ0) is 14.6. The molecule has 0 aromatic heterocycles. The molecule has 1 aromatic carbocycles. The summed E-state index contributed by atoms with van der Waals surface area (Å²) >= 11 is 0. The second kappa shape index (κ2) is 6.67. The van der Waals surface area contributed by atoms with Gasteiger partial charge in [0.2, 0.25) is 0 Å². The third-order valence-corrected chi connectivity index (χ3v) is 5.20. The highest BCUT2D eigenvalue weighted by Crippen LogP contribution is 2.11. The van der Waals surface area contributed by atoms with Gasteiger partial charge in [-0.3, -0.25) is 0 Å². The predicted octanol–water partition coefficient (Wildman–Crippen LogP) is -0.168. The molecule has 0 aliphatic carbocycles. The van der Waals surface area contributed by atoms with Crippen LogP contribution in [0.5, 0.6) is 0 Å². The van der Waals surface area contributed by atoms with Crippen molar-refractivity contribution in [1.29, 1.82) is 0 Å². The smallest absolute Gasteiger partial charge is 0.154 e. The van der Waals surface area contributed by atoms with Crippen LogP contribution in [0.15, 0.2) is 24.3 Å². The van der Waals surface area contributed by atoms with Crippen molar-refractivity contribution >= 4 is 9.84 Å². The van der Waals surface area contributed by atoms with Gasteiger partial charge in [-0.05, 0) is 12.5 Å². The summed E-state index contributed by atoms with van der Waals surface area (Å²) in [5, 5.41) is 16.0. The summed E-state index contributed by atoms with van der Waals surface area (Å²) in [4.78, 5) is 0. The second-order valence-corrected chi connectivity index (χ2v) is 7.52. The van der Waals surface area contributed by atoms with Crippen LogP contribution in [-0.4, -0.2) is 50.3 Å². The zero-order valence-corrected chi connectivity index (χ0v) is 12.5. The molecule has 1 heterocycles. The minimum absolute atomic E-state index is 0.0339. The quantitative estimate of drug-likeness (QED) is 0.636. The van der Waals surface area contributed by atoms with Crippen molar-refractivity contribution < 1.29 is 13.5 Å². The van der Waals surface area contributed by atoms with Crippen LogP contribution >= 0.6 is 0 Å². The van der Waals surface area contributed by atoms with Gasteiger partial charge in [0.05, 0.1) is 17.6 Å².